The van der Waals surface area contributed by atoms with E-state index in [1.165, 1.54) is 0 Å². The van der Waals surface area contributed by atoms with E-state index in [1.807, 2.05) is 12.1 Å². The lowest BCUT2D eigenvalue weighted by molar-refractivity contribution is -0.119. The van der Waals surface area contributed by atoms with Gasteiger partial charge < -0.3 is 15.5 Å². The summed E-state index contributed by atoms with van der Waals surface area (Å²) in [5.41, 5.74) is 2.38. The van der Waals surface area contributed by atoms with Crippen molar-refractivity contribution in [1.82, 2.24) is 15.3 Å². The second-order valence-electron chi connectivity index (χ2n) is 7.45. The van der Waals surface area contributed by atoms with Crippen LogP contribution in [0.2, 0.25) is 0 Å². The predicted octanol–water partition coefficient (Wildman–Crippen LogP) is 3.54. The van der Waals surface area contributed by atoms with Crippen molar-refractivity contribution in [3.05, 3.63) is 41.6 Å². The number of unbranched alkanes of at least 4 members (excludes halogenated alkanes) is 1. The fourth-order valence-corrected chi connectivity index (χ4v) is 3.57. The Hall–Kier alpha value is -3.14. The number of benzene rings is 1. The van der Waals surface area contributed by atoms with Crippen LogP contribution in [0.1, 0.15) is 50.8 Å². The van der Waals surface area contributed by atoms with Gasteiger partial charge in [0.2, 0.25) is 11.9 Å². The number of nitrogens with zero attached hydrogens (tertiary/aromatic N) is 4. The maximum absolute atomic E-state index is 11.4. The second kappa shape index (κ2) is 9.87. The van der Waals surface area contributed by atoms with Gasteiger partial charge in [0.05, 0.1) is 11.6 Å². The normalized spacial score (nSPS) is 16.2. The lowest BCUT2D eigenvalue weighted by Gasteiger charge is -2.34. The minimum absolute atomic E-state index is 0.00269. The third-order valence-electron chi connectivity index (χ3n) is 4.95. The summed E-state index contributed by atoms with van der Waals surface area (Å²) in [7, 11) is 0. The SMILES string of the molecule is CCCCc1cc(N2CCC[C@@H](NC(C)=O)C2)nc(Nc2cccc(C#N)c2)n1. The Labute approximate surface area is 172 Å². The molecule has 0 spiro atoms. The Balaban J connectivity index is 1.84. The summed E-state index contributed by atoms with van der Waals surface area (Å²) in [6.07, 6.45) is 5.04. The van der Waals surface area contributed by atoms with Crippen molar-refractivity contribution in [2.75, 3.05) is 23.3 Å². The predicted molar refractivity (Wildman–Crippen MR) is 114 cm³/mol. The van der Waals surface area contributed by atoms with Crippen LogP contribution >= 0.6 is 0 Å². The Morgan fingerprint density at radius 3 is 2.97 bits per heavy atom. The first-order chi connectivity index (χ1) is 14.1. The van der Waals surface area contributed by atoms with E-state index >= 15 is 0 Å². The molecule has 7 heteroatoms. The van der Waals surface area contributed by atoms with Gasteiger partial charge in [-0.15, -0.1) is 0 Å². The molecule has 1 fully saturated rings. The van der Waals surface area contributed by atoms with E-state index in [2.05, 4.69) is 39.6 Å². The molecule has 1 amide bonds. The van der Waals surface area contributed by atoms with E-state index in [0.717, 1.165) is 62.4 Å². The molecule has 1 atom stereocenters. The molecule has 152 valence electrons. The molecule has 0 saturated carbocycles. The molecule has 1 aromatic heterocycles. The quantitative estimate of drug-likeness (QED) is 0.748. The number of piperidine rings is 1. The van der Waals surface area contributed by atoms with Gasteiger partial charge in [-0.25, -0.2) is 4.98 Å². The van der Waals surface area contributed by atoms with E-state index in [-0.39, 0.29) is 11.9 Å². The molecule has 3 rings (SSSR count). The first kappa shape index (κ1) is 20.6. The van der Waals surface area contributed by atoms with Crippen LogP contribution in [0.15, 0.2) is 30.3 Å². The Morgan fingerprint density at radius 2 is 2.21 bits per heavy atom. The highest BCUT2D eigenvalue weighted by atomic mass is 16.1. The number of carbonyl (C=O) groups excluding carboxylic acids is 1. The maximum atomic E-state index is 11.4. The summed E-state index contributed by atoms with van der Waals surface area (Å²) in [5, 5.41) is 15.4. The van der Waals surface area contributed by atoms with Crippen LogP contribution in [0, 0.1) is 11.3 Å². The van der Waals surface area contributed by atoms with Gasteiger partial charge in [0, 0.05) is 43.5 Å². The molecule has 1 aliphatic rings. The molecule has 29 heavy (non-hydrogen) atoms. The van der Waals surface area contributed by atoms with Crippen molar-refractivity contribution >= 4 is 23.4 Å². The number of amides is 1. The van der Waals surface area contributed by atoms with Crippen LogP contribution in [0.25, 0.3) is 0 Å². The van der Waals surface area contributed by atoms with Crippen molar-refractivity contribution in [3.63, 3.8) is 0 Å². The fraction of sp³-hybridized carbons (Fsp3) is 0.455. The molecule has 0 bridgehead atoms. The van der Waals surface area contributed by atoms with Gasteiger partial charge in [-0.05, 0) is 43.9 Å². The molecule has 2 heterocycles. The lowest BCUT2D eigenvalue weighted by Crippen LogP contribution is -2.47. The molecule has 0 unspecified atom stereocenters. The molecule has 7 nitrogen and oxygen atoms in total. The van der Waals surface area contributed by atoms with Gasteiger partial charge >= 0.3 is 0 Å². The first-order valence-electron chi connectivity index (χ1n) is 10.2. The molecular weight excluding hydrogens is 364 g/mol. The topological polar surface area (TPSA) is 93.9 Å². The number of rotatable bonds is 7. The molecule has 2 N–H and O–H groups in total. The zero-order valence-electron chi connectivity index (χ0n) is 17.1. The van der Waals surface area contributed by atoms with Crippen LogP contribution < -0.4 is 15.5 Å². The van der Waals surface area contributed by atoms with Crippen molar-refractivity contribution in [2.45, 2.75) is 52.0 Å². The Kier molecular flexibility index (Phi) is 7.01. The molecule has 1 saturated heterocycles. The van der Waals surface area contributed by atoms with Crippen LogP contribution in [0.5, 0.6) is 0 Å². The van der Waals surface area contributed by atoms with Crippen molar-refractivity contribution < 1.29 is 4.79 Å². The van der Waals surface area contributed by atoms with Gasteiger partial charge in [-0.3, -0.25) is 4.79 Å². The summed E-state index contributed by atoms with van der Waals surface area (Å²) in [5.74, 6) is 1.41. The number of nitriles is 1. The van der Waals surface area contributed by atoms with E-state index in [9.17, 15) is 4.79 Å². The average Bonchev–Trinajstić information content (AvgIpc) is 2.72. The number of hydrogen-bond acceptors (Lipinski definition) is 6. The van der Waals surface area contributed by atoms with Crippen molar-refractivity contribution in [2.24, 2.45) is 0 Å². The molecular formula is C22H28N6O. The number of carbonyl (C=O) groups is 1. The molecule has 0 aliphatic carbocycles. The third kappa shape index (κ3) is 5.92. The summed E-state index contributed by atoms with van der Waals surface area (Å²) >= 11 is 0. The third-order valence-corrected chi connectivity index (χ3v) is 4.95. The van der Waals surface area contributed by atoms with Gasteiger partial charge in [0.1, 0.15) is 5.82 Å². The number of anilines is 3. The number of aromatic nitrogens is 2. The number of nitrogens with one attached hydrogen (secondary N) is 2. The first-order valence-corrected chi connectivity index (χ1v) is 10.2. The monoisotopic (exact) mass is 392 g/mol. The number of hydrogen-bond donors (Lipinski definition) is 2. The van der Waals surface area contributed by atoms with Crippen LogP contribution in [0.3, 0.4) is 0 Å². The molecule has 1 aromatic carbocycles. The highest BCUT2D eigenvalue weighted by Crippen LogP contribution is 2.23. The molecule has 2 aromatic rings. The molecule has 0 radical (unpaired) electrons. The average molecular weight is 393 g/mol. The summed E-state index contributed by atoms with van der Waals surface area (Å²) in [4.78, 5) is 23.1. The lowest BCUT2D eigenvalue weighted by atomic mass is 10.1. The largest absolute Gasteiger partial charge is 0.354 e. The van der Waals surface area contributed by atoms with Crippen molar-refractivity contribution in [3.8, 4) is 6.07 Å². The van der Waals surface area contributed by atoms with Crippen molar-refractivity contribution in [1.29, 1.82) is 5.26 Å². The van der Waals surface area contributed by atoms with Gasteiger partial charge in [0.15, 0.2) is 0 Å². The van der Waals surface area contributed by atoms with E-state index < -0.39 is 0 Å². The minimum atomic E-state index is 0.00269. The van der Waals surface area contributed by atoms with Gasteiger partial charge in [-0.1, -0.05) is 19.4 Å². The smallest absolute Gasteiger partial charge is 0.229 e. The highest BCUT2D eigenvalue weighted by molar-refractivity contribution is 5.73. The van der Waals surface area contributed by atoms with Gasteiger partial charge in [0.25, 0.3) is 0 Å². The summed E-state index contributed by atoms with van der Waals surface area (Å²) in [6.45, 7) is 5.37. The van der Waals surface area contributed by atoms with E-state index in [4.69, 9.17) is 10.2 Å². The minimum Gasteiger partial charge on any atom is -0.354 e. The summed E-state index contributed by atoms with van der Waals surface area (Å²) < 4.78 is 0. The zero-order valence-corrected chi connectivity index (χ0v) is 17.1. The zero-order chi connectivity index (χ0) is 20.6. The maximum Gasteiger partial charge on any atom is 0.229 e. The fourth-order valence-electron chi connectivity index (χ4n) is 3.57. The van der Waals surface area contributed by atoms with E-state index in [1.54, 1.807) is 19.1 Å². The number of aryl methyl sites for hydroxylation is 1. The molecule has 1 aliphatic heterocycles. The van der Waals surface area contributed by atoms with E-state index in [0.29, 0.717) is 11.5 Å². The van der Waals surface area contributed by atoms with Crippen LogP contribution in [-0.2, 0) is 11.2 Å². The Bertz CT molecular complexity index is 891. The van der Waals surface area contributed by atoms with Crippen LogP contribution in [-0.4, -0.2) is 35.0 Å². The highest BCUT2D eigenvalue weighted by Gasteiger charge is 2.22. The summed E-state index contributed by atoms with van der Waals surface area (Å²) in [6, 6.07) is 11.6. The van der Waals surface area contributed by atoms with Gasteiger partial charge in [-0.2, -0.15) is 10.2 Å². The van der Waals surface area contributed by atoms with Crippen LogP contribution in [0.4, 0.5) is 17.5 Å². The Morgan fingerprint density at radius 1 is 1.34 bits per heavy atom. The second-order valence-corrected chi connectivity index (χ2v) is 7.45. The standard InChI is InChI=1S/C22H28N6O/c1-3-4-8-19-13-21(28-11-6-10-20(15-28)24-16(2)29)27-22(26-19)25-18-9-5-7-17(12-18)14-23/h5,7,9,12-13,20H,3-4,6,8,10-11,15H2,1-2H3,(H,24,29)(H,25,26,27)/t20-/m1/s1.